The summed E-state index contributed by atoms with van der Waals surface area (Å²) < 4.78 is 26.5. The van der Waals surface area contributed by atoms with Crippen LogP contribution in [0.25, 0.3) is 0 Å². The number of nitrogens with one attached hydrogen (secondary N) is 1. The van der Waals surface area contributed by atoms with Crippen LogP contribution in [0.1, 0.15) is 48.4 Å². The molecule has 34 heavy (non-hydrogen) atoms. The number of hydrogen-bond donors (Lipinski definition) is 1. The van der Waals surface area contributed by atoms with Crippen molar-refractivity contribution in [3.05, 3.63) is 64.7 Å². The van der Waals surface area contributed by atoms with E-state index < -0.39 is 16.1 Å². The third kappa shape index (κ3) is 7.06. The third-order valence-electron chi connectivity index (χ3n) is 6.02. The molecule has 0 aliphatic carbocycles. The molecule has 0 aliphatic heterocycles. The Balaban J connectivity index is 2.24. The van der Waals surface area contributed by atoms with Gasteiger partial charge in [0, 0.05) is 26.6 Å². The van der Waals surface area contributed by atoms with Crippen molar-refractivity contribution in [2.24, 2.45) is 0 Å². The lowest BCUT2D eigenvalue weighted by molar-refractivity contribution is -0.141. The molecule has 2 aromatic rings. The zero-order valence-electron chi connectivity index (χ0n) is 21.1. The molecule has 0 saturated carbocycles. The van der Waals surface area contributed by atoms with Crippen molar-refractivity contribution in [3.8, 4) is 0 Å². The van der Waals surface area contributed by atoms with Gasteiger partial charge in [-0.05, 0) is 61.9 Å². The van der Waals surface area contributed by atoms with Crippen molar-refractivity contribution in [2.75, 3.05) is 24.2 Å². The lowest BCUT2D eigenvalue weighted by Gasteiger charge is -2.31. The molecule has 186 valence electrons. The van der Waals surface area contributed by atoms with Crippen LogP contribution in [0, 0.1) is 20.8 Å². The first-order valence-corrected chi connectivity index (χ1v) is 13.4. The van der Waals surface area contributed by atoms with E-state index in [1.165, 1.54) is 10.6 Å². The minimum absolute atomic E-state index is 0.135. The van der Waals surface area contributed by atoms with Crippen LogP contribution in [0.5, 0.6) is 0 Å². The Bertz CT molecular complexity index is 1110. The molecule has 1 atom stereocenters. The standard InChI is InChI=1S/C26H37N3O4S/c1-7-23(26(31)27-5)28(18-22-12-9-8-11-20(22)3)25(30)13-10-16-29(34(6,32)33)24-17-19(2)14-15-21(24)4/h8-9,11-12,14-15,17,23H,7,10,13,16,18H2,1-6H3,(H,27,31)/t23-/m0/s1. The van der Waals surface area contributed by atoms with Crippen molar-refractivity contribution >= 4 is 27.5 Å². The first-order chi connectivity index (χ1) is 16.0. The summed E-state index contributed by atoms with van der Waals surface area (Å²) in [5.41, 5.74) is 4.47. The Morgan fingerprint density at radius 3 is 2.29 bits per heavy atom. The Morgan fingerprint density at radius 2 is 1.71 bits per heavy atom. The van der Waals surface area contributed by atoms with E-state index in [1.54, 1.807) is 11.9 Å². The highest BCUT2D eigenvalue weighted by molar-refractivity contribution is 7.92. The summed E-state index contributed by atoms with van der Waals surface area (Å²) in [5.74, 6) is -0.384. The molecule has 0 bridgehead atoms. The molecule has 0 aliphatic rings. The molecular weight excluding hydrogens is 450 g/mol. The summed E-state index contributed by atoms with van der Waals surface area (Å²) in [5, 5.41) is 2.66. The fourth-order valence-corrected chi connectivity index (χ4v) is 5.04. The van der Waals surface area contributed by atoms with Gasteiger partial charge in [0.1, 0.15) is 6.04 Å². The van der Waals surface area contributed by atoms with E-state index in [4.69, 9.17) is 0 Å². The maximum absolute atomic E-state index is 13.3. The number of carbonyl (C=O) groups is 2. The largest absolute Gasteiger partial charge is 0.357 e. The molecule has 1 N–H and O–H groups in total. The zero-order valence-corrected chi connectivity index (χ0v) is 21.9. The predicted molar refractivity (Wildman–Crippen MR) is 137 cm³/mol. The molecule has 0 spiro atoms. The minimum atomic E-state index is -3.52. The van der Waals surface area contributed by atoms with Gasteiger partial charge in [0.25, 0.3) is 0 Å². The van der Waals surface area contributed by atoms with E-state index in [2.05, 4.69) is 5.32 Å². The van der Waals surface area contributed by atoms with Gasteiger partial charge in [-0.3, -0.25) is 13.9 Å². The third-order valence-corrected chi connectivity index (χ3v) is 7.20. The van der Waals surface area contributed by atoms with Crippen LogP contribution >= 0.6 is 0 Å². The van der Waals surface area contributed by atoms with Crippen molar-refractivity contribution in [2.45, 2.75) is 59.5 Å². The van der Waals surface area contributed by atoms with Crippen molar-refractivity contribution < 1.29 is 18.0 Å². The molecule has 2 amide bonds. The second kappa shape index (κ2) is 12.0. The fraction of sp³-hybridized carbons (Fsp3) is 0.462. The predicted octanol–water partition coefficient (Wildman–Crippen LogP) is 3.71. The normalized spacial score (nSPS) is 12.2. The molecule has 0 fully saturated rings. The van der Waals surface area contributed by atoms with Crippen LogP contribution in [-0.2, 0) is 26.2 Å². The first kappa shape index (κ1) is 27.4. The summed E-state index contributed by atoms with van der Waals surface area (Å²) in [4.78, 5) is 27.5. The molecule has 0 radical (unpaired) electrons. The molecule has 0 saturated heterocycles. The van der Waals surface area contributed by atoms with Crippen LogP contribution in [0.3, 0.4) is 0 Å². The van der Waals surface area contributed by atoms with Crippen LogP contribution in [0.4, 0.5) is 5.69 Å². The minimum Gasteiger partial charge on any atom is -0.357 e. The number of rotatable bonds is 11. The lowest BCUT2D eigenvalue weighted by atomic mass is 10.1. The molecule has 2 rings (SSSR count). The van der Waals surface area contributed by atoms with E-state index >= 15 is 0 Å². The van der Waals surface area contributed by atoms with Gasteiger partial charge >= 0.3 is 0 Å². The van der Waals surface area contributed by atoms with E-state index in [1.807, 2.05) is 70.2 Å². The molecule has 0 unspecified atom stereocenters. The molecule has 0 heterocycles. The number of benzene rings is 2. The summed E-state index contributed by atoms with van der Waals surface area (Å²) >= 11 is 0. The van der Waals surface area contributed by atoms with Gasteiger partial charge in [0.15, 0.2) is 0 Å². The van der Waals surface area contributed by atoms with Gasteiger partial charge in [-0.1, -0.05) is 43.3 Å². The van der Waals surface area contributed by atoms with Crippen molar-refractivity contribution in [3.63, 3.8) is 0 Å². The average molecular weight is 488 g/mol. The van der Waals surface area contributed by atoms with Crippen LogP contribution < -0.4 is 9.62 Å². The zero-order chi connectivity index (χ0) is 25.5. The van der Waals surface area contributed by atoms with Gasteiger partial charge in [-0.25, -0.2) is 8.42 Å². The lowest BCUT2D eigenvalue weighted by Crippen LogP contribution is -2.48. The molecular formula is C26H37N3O4S. The highest BCUT2D eigenvalue weighted by atomic mass is 32.2. The first-order valence-electron chi connectivity index (χ1n) is 11.6. The van der Waals surface area contributed by atoms with Crippen LogP contribution in [0.15, 0.2) is 42.5 Å². The van der Waals surface area contributed by atoms with E-state index in [0.29, 0.717) is 25.1 Å². The summed E-state index contributed by atoms with van der Waals surface area (Å²) in [6, 6.07) is 12.9. The maximum atomic E-state index is 13.3. The van der Waals surface area contributed by atoms with Gasteiger partial charge in [0.05, 0.1) is 11.9 Å². The van der Waals surface area contributed by atoms with Gasteiger partial charge in [-0.2, -0.15) is 0 Å². The van der Waals surface area contributed by atoms with Gasteiger partial charge < -0.3 is 10.2 Å². The van der Waals surface area contributed by atoms with E-state index in [-0.39, 0.29) is 24.8 Å². The maximum Gasteiger partial charge on any atom is 0.242 e. The Morgan fingerprint density at radius 1 is 1.03 bits per heavy atom. The highest BCUT2D eigenvalue weighted by Gasteiger charge is 2.28. The monoisotopic (exact) mass is 487 g/mol. The quantitative estimate of drug-likeness (QED) is 0.523. The average Bonchev–Trinajstić information content (AvgIpc) is 2.78. The number of hydrogen-bond acceptors (Lipinski definition) is 4. The molecule has 8 heteroatoms. The van der Waals surface area contributed by atoms with Crippen molar-refractivity contribution in [1.29, 1.82) is 0 Å². The smallest absolute Gasteiger partial charge is 0.242 e. The van der Waals surface area contributed by atoms with E-state index in [9.17, 15) is 18.0 Å². The number of carbonyl (C=O) groups excluding carboxylic acids is 2. The second-order valence-electron chi connectivity index (χ2n) is 8.72. The van der Waals surface area contributed by atoms with Gasteiger partial charge in [-0.15, -0.1) is 0 Å². The summed E-state index contributed by atoms with van der Waals surface area (Å²) in [7, 11) is -1.96. The summed E-state index contributed by atoms with van der Waals surface area (Å²) in [6.07, 6.45) is 2.14. The Labute approximate surface area is 204 Å². The van der Waals surface area contributed by atoms with Crippen LogP contribution in [-0.4, -0.2) is 51.0 Å². The summed E-state index contributed by atoms with van der Waals surface area (Å²) in [6.45, 7) is 8.16. The van der Waals surface area contributed by atoms with Crippen molar-refractivity contribution in [1.82, 2.24) is 10.2 Å². The highest BCUT2D eigenvalue weighted by Crippen LogP contribution is 2.25. The fourth-order valence-electron chi connectivity index (χ4n) is 4.03. The number of amides is 2. The molecule has 2 aromatic carbocycles. The SMILES string of the molecule is CC[C@@H](C(=O)NC)N(Cc1ccccc1C)C(=O)CCCN(c1cc(C)ccc1C)S(C)(=O)=O. The topological polar surface area (TPSA) is 86.8 Å². The molecule has 7 nitrogen and oxygen atoms in total. The number of sulfonamides is 1. The second-order valence-corrected chi connectivity index (χ2v) is 10.6. The van der Waals surface area contributed by atoms with Crippen LogP contribution in [0.2, 0.25) is 0 Å². The molecule has 0 aromatic heterocycles. The van der Waals surface area contributed by atoms with E-state index in [0.717, 1.165) is 22.3 Å². The Kier molecular flexibility index (Phi) is 9.67. The van der Waals surface area contributed by atoms with Gasteiger partial charge in [0.2, 0.25) is 21.8 Å². The number of anilines is 1. The number of likely N-dealkylation sites (N-methyl/N-ethyl adjacent to an activating group) is 1. The number of nitrogens with zero attached hydrogens (tertiary/aromatic N) is 2. The number of aryl methyl sites for hydroxylation is 3. The Hall–Kier alpha value is -2.87.